The van der Waals surface area contributed by atoms with Crippen molar-refractivity contribution in [3.63, 3.8) is 0 Å². The van der Waals surface area contributed by atoms with Crippen molar-refractivity contribution >= 4 is 11.8 Å². The molecule has 0 aliphatic rings. The van der Waals surface area contributed by atoms with Crippen molar-refractivity contribution in [1.82, 2.24) is 5.32 Å². The highest BCUT2D eigenvalue weighted by atomic mass is 16.5. The van der Waals surface area contributed by atoms with Crippen molar-refractivity contribution in [3.8, 4) is 5.75 Å². The second-order valence-electron chi connectivity index (χ2n) is 5.62. The fraction of sp³-hybridized carbons (Fsp3) is 0.556. The predicted molar refractivity (Wildman–Crippen MR) is 89.9 cm³/mol. The van der Waals surface area contributed by atoms with Gasteiger partial charge in [0.1, 0.15) is 5.75 Å². The van der Waals surface area contributed by atoms with Gasteiger partial charge in [0.2, 0.25) is 0 Å². The van der Waals surface area contributed by atoms with Gasteiger partial charge in [-0.1, -0.05) is 20.8 Å². The Bertz CT molecular complexity index is 496. The molecule has 5 nitrogen and oxygen atoms in total. The molecule has 0 radical (unpaired) electrons. The molecule has 0 saturated heterocycles. The lowest BCUT2D eigenvalue weighted by molar-refractivity contribution is -0.143. The van der Waals surface area contributed by atoms with Crippen LogP contribution >= 0.6 is 0 Å². The first-order chi connectivity index (χ1) is 11.0. The van der Waals surface area contributed by atoms with Crippen LogP contribution in [0.1, 0.15) is 50.9 Å². The fourth-order valence-electron chi connectivity index (χ4n) is 2.15. The number of esters is 1. The van der Waals surface area contributed by atoms with Gasteiger partial charge in [0.15, 0.2) is 5.78 Å². The highest BCUT2D eigenvalue weighted by molar-refractivity contribution is 6.01. The number of nitrogens with one attached hydrogen (secondary N) is 1. The number of benzene rings is 1. The van der Waals surface area contributed by atoms with Gasteiger partial charge < -0.3 is 14.8 Å². The van der Waals surface area contributed by atoms with E-state index in [1.807, 2.05) is 20.8 Å². The van der Waals surface area contributed by atoms with Gasteiger partial charge >= 0.3 is 5.97 Å². The first-order valence-corrected chi connectivity index (χ1v) is 8.16. The maximum Gasteiger partial charge on any atom is 0.307 e. The Morgan fingerprint density at radius 3 is 2.30 bits per heavy atom. The largest absolute Gasteiger partial charge is 0.494 e. The van der Waals surface area contributed by atoms with Gasteiger partial charge in [-0.3, -0.25) is 9.59 Å². The number of hydrogen-bond acceptors (Lipinski definition) is 5. The van der Waals surface area contributed by atoms with E-state index in [1.165, 1.54) is 0 Å². The standard InChI is InChI=1S/C18H27NO4/c1-5-11-23-15-9-7-14(8-10-15)18(21)16(19-13(3)4)12-17(20)22-6-2/h7-10,13,16,19H,5-6,11-12H2,1-4H3. The maximum absolute atomic E-state index is 12.6. The van der Waals surface area contributed by atoms with E-state index in [0.29, 0.717) is 18.8 Å². The van der Waals surface area contributed by atoms with Crippen LogP contribution in [0.5, 0.6) is 5.75 Å². The molecule has 0 heterocycles. The molecule has 1 rings (SSSR count). The van der Waals surface area contributed by atoms with E-state index in [9.17, 15) is 9.59 Å². The van der Waals surface area contributed by atoms with Gasteiger partial charge in [-0.25, -0.2) is 0 Å². The molecular formula is C18H27NO4. The number of rotatable bonds is 10. The number of ether oxygens (including phenoxy) is 2. The topological polar surface area (TPSA) is 64.6 Å². The monoisotopic (exact) mass is 321 g/mol. The van der Waals surface area contributed by atoms with Crippen LogP contribution in [0.15, 0.2) is 24.3 Å². The molecule has 1 unspecified atom stereocenters. The highest BCUT2D eigenvalue weighted by Crippen LogP contribution is 2.15. The summed E-state index contributed by atoms with van der Waals surface area (Å²) >= 11 is 0. The van der Waals surface area contributed by atoms with Crippen LogP contribution in [-0.2, 0) is 9.53 Å². The molecule has 0 aliphatic heterocycles. The van der Waals surface area contributed by atoms with Gasteiger partial charge in [-0.05, 0) is 37.6 Å². The average Bonchev–Trinajstić information content (AvgIpc) is 2.52. The minimum Gasteiger partial charge on any atom is -0.494 e. The summed E-state index contributed by atoms with van der Waals surface area (Å²) in [5, 5.41) is 3.13. The van der Waals surface area contributed by atoms with E-state index < -0.39 is 6.04 Å². The van der Waals surface area contributed by atoms with Crippen LogP contribution in [0.4, 0.5) is 0 Å². The van der Waals surface area contributed by atoms with E-state index >= 15 is 0 Å². The van der Waals surface area contributed by atoms with E-state index in [2.05, 4.69) is 5.32 Å². The Balaban J connectivity index is 2.80. The van der Waals surface area contributed by atoms with Gasteiger partial charge in [-0.2, -0.15) is 0 Å². The normalized spacial score (nSPS) is 12.0. The molecule has 1 atom stereocenters. The Morgan fingerprint density at radius 1 is 1.13 bits per heavy atom. The zero-order valence-corrected chi connectivity index (χ0v) is 14.4. The Labute approximate surface area is 138 Å². The number of carbonyl (C=O) groups is 2. The molecule has 0 bridgehead atoms. The fourth-order valence-corrected chi connectivity index (χ4v) is 2.15. The van der Waals surface area contributed by atoms with Crippen LogP contribution in [0.2, 0.25) is 0 Å². The van der Waals surface area contributed by atoms with Crippen molar-refractivity contribution in [3.05, 3.63) is 29.8 Å². The second-order valence-corrected chi connectivity index (χ2v) is 5.62. The third-order valence-corrected chi connectivity index (χ3v) is 3.14. The summed E-state index contributed by atoms with van der Waals surface area (Å²) in [4.78, 5) is 24.3. The molecule has 0 amide bonds. The van der Waals surface area contributed by atoms with Crippen LogP contribution < -0.4 is 10.1 Å². The molecule has 23 heavy (non-hydrogen) atoms. The first kappa shape index (κ1) is 19.2. The van der Waals surface area contributed by atoms with Crippen molar-refractivity contribution in [2.45, 2.75) is 52.6 Å². The Kier molecular flexibility index (Phi) is 8.33. The molecule has 1 N–H and O–H groups in total. The molecule has 0 saturated carbocycles. The first-order valence-electron chi connectivity index (χ1n) is 8.16. The zero-order valence-electron chi connectivity index (χ0n) is 14.4. The van der Waals surface area contributed by atoms with Crippen LogP contribution in [0.25, 0.3) is 0 Å². The van der Waals surface area contributed by atoms with Crippen LogP contribution in [-0.4, -0.2) is 37.0 Å². The SMILES string of the molecule is CCCOc1ccc(C(=O)C(CC(=O)OCC)NC(C)C)cc1. The summed E-state index contributed by atoms with van der Waals surface area (Å²) in [5.41, 5.74) is 0.552. The second kappa shape index (κ2) is 10.0. The lowest BCUT2D eigenvalue weighted by atomic mass is 10.0. The third kappa shape index (κ3) is 6.82. The Morgan fingerprint density at radius 2 is 1.78 bits per heavy atom. The van der Waals surface area contributed by atoms with E-state index in [1.54, 1.807) is 31.2 Å². The molecule has 0 aromatic heterocycles. The van der Waals surface area contributed by atoms with Crippen molar-refractivity contribution in [2.75, 3.05) is 13.2 Å². The molecule has 1 aromatic rings. The summed E-state index contributed by atoms with van der Waals surface area (Å²) in [6, 6.07) is 6.52. The molecule has 0 spiro atoms. The van der Waals surface area contributed by atoms with Crippen LogP contribution in [0, 0.1) is 0 Å². The van der Waals surface area contributed by atoms with Gasteiger partial charge in [0, 0.05) is 11.6 Å². The molecule has 1 aromatic carbocycles. The number of carbonyl (C=O) groups excluding carboxylic acids is 2. The van der Waals surface area contributed by atoms with Crippen molar-refractivity contribution in [2.24, 2.45) is 0 Å². The van der Waals surface area contributed by atoms with E-state index in [0.717, 1.165) is 12.2 Å². The number of hydrogen-bond donors (Lipinski definition) is 1. The lowest BCUT2D eigenvalue weighted by Crippen LogP contribution is -2.42. The summed E-state index contributed by atoms with van der Waals surface area (Å²) in [6.07, 6.45) is 0.958. The van der Waals surface area contributed by atoms with Crippen LogP contribution in [0.3, 0.4) is 0 Å². The summed E-state index contributed by atoms with van der Waals surface area (Å²) in [6.45, 7) is 8.62. The molecule has 0 fully saturated rings. The van der Waals surface area contributed by atoms with E-state index in [-0.39, 0.29) is 24.2 Å². The zero-order chi connectivity index (χ0) is 17.2. The average molecular weight is 321 g/mol. The predicted octanol–water partition coefficient (Wildman–Crippen LogP) is 2.98. The minimum atomic E-state index is -0.587. The third-order valence-electron chi connectivity index (χ3n) is 3.14. The molecule has 5 heteroatoms. The number of Topliss-reactive ketones (excluding diaryl/α,β-unsaturated/α-hetero) is 1. The van der Waals surface area contributed by atoms with Gasteiger partial charge in [0.05, 0.1) is 25.7 Å². The number of ketones is 1. The highest BCUT2D eigenvalue weighted by Gasteiger charge is 2.24. The maximum atomic E-state index is 12.6. The molecule has 128 valence electrons. The molecular weight excluding hydrogens is 294 g/mol. The summed E-state index contributed by atoms with van der Waals surface area (Å²) < 4.78 is 10.5. The van der Waals surface area contributed by atoms with Crippen molar-refractivity contribution < 1.29 is 19.1 Å². The van der Waals surface area contributed by atoms with Gasteiger partial charge in [-0.15, -0.1) is 0 Å². The van der Waals surface area contributed by atoms with E-state index in [4.69, 9.17) is 9.47 Å². The quantitative estimate of drug-likeness (QED) is 0.530. The smallest absolute Gasteiger partial charge is 0.307 e. The summed E-state index contributed by atoms with van der Waals surface area (Å²) in [7, 11) is 0. The molecule has 0 aliphatic carbocycles. The lowest BCUT2D eigenvalue weighted by Gasteiger charge is -2.19. The minimum absolute atomic E-state index is 0.0267. The van der Waals surface area contributed by atoms with Crippen molar-refractivity contribution in [1.29, 1.82) is 0 Å². The summed E-state index contributed by atoms with van der Waals surface area (Å²) in [5.74, 6) is 0.248. The Hall–Kier alpha value is -1.88. The van der Waals surface area contributed by atoms with Gasteiger partial charge in [0.25, 0.3) is 0 Å².